The van der Waals surface area contributed by atoms with Crippen molar-refractivity contribution in [1.82, 2.24) is 5.32 Å². The third-order valence-corrected chi connectivity index (χ3v) is 1.59. The SMILES string of the molecule is O=[C]NC(CF)c1ccccc1. The molecule has 0 aromatic heterocycles. The second kappa shape index (κ2) is 4.49. The van der Waals surface area contributed by atoms with Gasteiger partial charge in [0.05, 0.1) is 6.04 Å². The maximum Gasteiger partial charge on any atom is 0.309 e. The van der Waals surface area contributed by atoms with Crippen LogP contribution in [0.25, 0.3) is 0 Å². The molecule has 0 aliphatic carbocycles. The van der Waals surface area contributed by atoms with Crippen LogP contribution in [-0.4, -0.2) is 13.1 Å². The first-order chi connectivity index (χ1) is 5.88. The van der Waals surface area contributed by atoms with Crippen LogP contribution >= 0.6 is 0 Å². The Morgan fingerprint density at radius 3 is 2.58 bits per heavy atom. The Labute approximate surface area is 70.4 Å². The summed E-state index contributed by atoms with van der Waals surface area (Å²) in [5.74, 6) is 0. The van der Waals surface area contributed by atoms with Gasteiger partial charge in [0.1, 0.15) is 6.67 Å². The number of carbonyl (C=O) groups excluding carboxylic acids is 1. The normalized spacial score (nSPS) is 12.1. The van der Waals surface area contributed by atoms with Gasteiger partial charge in [-0.2, -0.15) is 0 Å². The Morgan fingerprint density at radius 2 is 2.08 bits per heavy atom. The molecule has 12 heavy (non-hydrogen) atoms. The zero-order valence-electron chi connectivity index (χ0n) is 6.46. The molecule has 1 aromatic carbocycles. The second-order valence-corrected chi connectivity index (χ2v) is 2.36. The molecule has 0 fully saturated rings. The van der Waals surface area contributed by atoms with Crippen LogP contribution in [0, 0.1) is 0 Å². The molecule has 0 bridgehead atoms. The summed E-state index contributed by atoms with van der Waals surface area (Å²) < 4.78 is 12.3. The van der Waals surface area contributed by atoms with Crippen molar-refractivity contribution in [1.29, 1.82) is 0 Å². The van der Waals surface area contributed by atoms with Crippen molar-refractivity contribution in [2.45, 2.75) is 6.04 Å². The van der Waals surface area contributed by atoms with E-state index in [1.807, 2.05) is 6.07 Å². The van der Waals surface area contributed by atoms with E-state index in [1.54, 1.807) is 24.3 Å². The summed E-state index contributed by atoms with van der Waals surface area (Å²) in [5.41, 5.74) is 0.753. The molecular formula is C9H9FNO. The minimum atomic E-state index is -0.612. The summed E-state index contributed by atoms with van der Waals surface area (Å²) in [7, 11) is 0. The smallest absolute Gasteiger partial charge is 0.309 e. The molecule has 1 rings (SSSR count). The van der Waals surface area contributed by atoms with Crippen molar-refractivity contribution in [3.05, 3.63) is 35.9 Å². The van der Waals surface area contributed by atoms with Crippen molar-refractivity contribution in [3.63, 3.8) is 0 Å². The molecule has 0 aliphatic heterocycles. The van der Waals surface area contributed by atoms with Gasteiger partial charge in [-0.3, -0.25) is 4.79 Å². The number of hydrogen-bond acceptors (Lipinski definition) is 1. The maximum atomic E-state index is 12.3. The van der Waals surface area contributed by atoms with Gasteiger partial charge < -0.3 is 5.32 Å². The van der Waals surface area contributed by atoms with Gasteiger partial charge in [-0.1, -0.05) is 30.3 Å². The van der Waals surface area contributed by atoms with E-state index >= 15 is 0 Å². The van der Waals surface area contributed by atoms with E-state index < -0.39 is 12.7 Å². The molecule has 0 aliphatic rings. The van der Waals surface area contributed by atoms with E-state index in [9.17, 15) is 9.18 Å². The van der Waals surface area contributed by atoms with Crippen LogP contribution in [0.4, 0.5) is 4.39 Å². The first kappa shape index (κ1) is 8.71. The predicted octanol–water partition coefficient (Wildman–Crippen LogP) is 1.35. The largest absolute Gasteiger partial charge is 0.338 e. The van der Waals surface area contributed by atoms with Gasteiger partial charge in [-0.25, -0.2) is 4.39 Å². The van der Waals surface area contributed by atoms with Crippen molar-refractivity contribution >= 4 is 6.41 Å². The lowest BCUT2D eigenvalue weighted by atomic mass is 10.1. The average molecular weight is 166 g/mol. The summed E-state index contributed by atoms with van der Waals surface area (Å²) in [5, 5.41) is 2.27. The highest BCUT2D eigenvalue weighted by Gasteiger charge is 2.08. The zero-order valence-corrected chi connectivity index (χ0v) is 6.46. The minimum absolute atomic E-state index is 0.566. The summed E-state index contributed by atoms with van der Waals surface area (Å²) in [6.07, 6.45) is 1.48. The van der Waals surface area contributed by atoms with Crippen molar-refractivity contribution in [2.75, 3.05) is 6.67 Å². The Morgan fingerprint density at radius 1 is 1.42 bits per heavy atom. The Hall–Kier alpha value is -1.38. The van der Waals surface area contributed by atoms with Crippen LogP contribution in [-0.2, 0) is 4.79 Å². The average Bonchev–Trinajstić information content (AvgIpc) is 2.15. The van der Waals surface area contributed by atoms with Crippen LogP contribution in [0.5, 0.6) is 0 Å². The van der Waals surface area contributed by atoms with E-state index in [-0.39, 0.29) is 0 Å². The van der Waals surface area contributed by atoms with Gasteiger partial charge in [0.15, 0.2) is 0 Å². The molecular weight excluding hydrogens is 157 g/mol. The molecule has 0 heterocycles. The predicted molar refractivity (Wildman–Crippen MR) is 44.0 cm³/mol. The molecule has 3 heteroatoms. The maximum absolute atomic E-state index is 12.3. The Kier molecular flexibility index (Phi) is 3.26. The number of amides is 1. The highest BCUT2D eigenvalue weighted by atomic mass is 19.1. The lowest BCUT2D eigenvalue weighted by molar-refractivity contribution is 0.407. The van der Waals surface area contributed by atoms with Crippen LogP contribution in [0.15, 0.2) is 30.3 Å². The molecule has 2 nitrogen and oxygen atoms in total. The molecule has 63 valence electrons. The Bertz CT molecular complexity index is 238. The molecule has 1 N–H and O–H groups in total. The summed E-state index contributed by atoms with van der Waals surface area (Å²) in [6, 6.07) is 8.38. The number of alkyl halides is 1. The van der Waals surface area contributed by atoms with Gasteiger partial charge in [-0.05, 0) is 5.56 Å². The fourth-order valence-electron chi connectivity index (χ4n) is 0.967. The molecule has 1 atom stereocenters. The lowest BCUT2D eigenvalue weighted by Crippen LogP contribution is -2.20. The van der Waals surface area contributed by atoms with E-state index in [0.29, 0.717) is 0 Å². The number of rotatable bonds is 4. The van der Waals surface area contributed by atoms with Crippen LogP contribution in [0.1, 0.15) is 11.6 Å². The molecule has 1 amide bonds. The van der Waals surface area contributed by atoms with E-state index in [2.05, 4.69) is 5.32 Å². The van der Waals surface area contributed by atoms with Crippen molar-refractivity contribution in [3.8, 4) is 0 Å². The zero-order chi connectivity index (χ0) is 8.81. The second-order valence-electron chi connectivity index (χ2n) is 2.36. The summed E-state index contributed by atoms with van der Waals surface area (Å²) >= 11 is 0. The highest BCUT2D eigenvalue weighted by Crippen LogP contribution is 2.11. The molecule has 1 unspecified atom stereocenters. The molecule has 1 aromatic rings. The van der Waals surface area contributed by atoms with Crippen LogP contribution < -0.4 is 5.32 Å². The third-order valence-electron chi connectivity index (χ3n) is 1.59. The topological polar surface area (TPSA) is 29.1 Å². The van der Waals surface area contributed by atoms with E-state index in [1.165, 1.54) is 6.41 Å². The summed E-state index contributed by atoms with van der Waals surface area (Å²) in [4.78, 5) is 9.94. The van der Waals surface area contributed by atoms with Gasteiger partial charge in [0.25, 0.3) is 0 Å². The highest BCUT2D eigenvalue weighted by molar-refractivity contribution is 5.48. The van der Waals surface area contributed by atoms with Crippen LogP contribution in [0.2, 0.25) is 0 Å². The first-order valence-corrected chi connectivity index (χ1v) is 3.62. The number of hydrogen-bond donors (Lipinski definition) is 1. The quantitative estimate of drug-likeness (QED) is 0.672. The van der Waals surface area contributed by atoms with Gasteiger partial charge >= 0.3 is 6.41 Å². The minimum Gasteiger partial charge on any atom is -0.338 e. The third kappa shape index (κ3) is 2.05. The summed E-state index contributed by atoms with van der Waals surface area (Å²) in [6.45, 7) is -0.612. The van der Waals surface area contributed by atoms with Crippen LogP contribution in [0.3, 0.4) is 0 Å². The Balaban J connectivity index is 2.72. The fraction of sp³-hybridized carbons (Fsp3) is 0.222. The molecule has 0 saturated carbocycles. The van der Waals surface area contributed by atoms with Gasteiger partial charge in [-0.15, -0.1) is 0 Å². The van der Waals surface area contributed by atoms with Crippen molar-refractivity contribution < 1.29 is 9.18 Å². The standard InChI is InChI=1S/C9H9FNO/c10-6-9(11-7-12)8-4-2-1-3-5-8/h1-5,9H,6H2,(H,11,12). The van der Waals surface area contributed by atoms with Crippen molar-refractivity contribution in [2.24, 2.45) is 0 Å². The number of nitrogens with one attached hydrogen (secondary N) is 1. The fourth-order valence-corrected chi connectivity index (χ4v) is 0.967. The monoisotopic (exact) mass is 166 g/mol. The number of benzene rings is 1. The lowest BCUT2D eigenvalue weighted by Gasteiger charge is -2.10. The molecule has 0 spiro atoms. The van der Waals surface area contributed by atoms with E-state index in [0.717, 1.165) is 5.56 Å². The first-order valence-electron chi connectivity index (χ1n) is 3.62. The number of halogens is 1. The van der Waals surface area contributed by atoms with Gasteiger partial charge in [0, 0.05) is 0 Å². The molecule has 1 radical (unpaired) electrons. The van der Waals surface area contributed by atoms with Gasteiger partial charge in [0.2, 0.25) is 0 Å². The molecule has 0 saturated heterocycles. The van der Waals surface area contributed by atoms with E-state index in [4.69, 9.17) is 0 Å².